The van der Waals surface area contributed by atoms with Crippen molar-refractivity contribution < 1.29 is 14.3 Å². The normalized spacial score (nSPS) is 10.5. The van der Waals surface area contributed by atoms with E-state index in [4.69, 9.17) is 32.7 Å². The highest BCUT2D eigenvalue weighted by Crippen LogP contribution is 2.32. The van der Waals surface area contributed by atoms with E-state index >= 15 is 0 Å². The number of rotatable bonds is 6. The van der Waals surface area contributed by atoms with Crippen LogP contribution in [0.3, 0.4) is 0 Å². The second-order valence-corrected chi connectivity index (χ2v) is 6.54. The Bertz CT molecular complexity index is 952. The van der Waals surface area contributed by atoms with Crippen molar-refractivity contribution in [3.63, 3.8) is 0 Å². The van der Waals surface area contributed by atoms with Gasteiger partial charge in [0.25, 0.3) is 5.91 Å². The van der Waals surface area contributed by atoms with Crippen LogP contribution in [-0.2, 0) is 6.73 Å². The maximum Gasteiger partial charge on any atom is 0.276 e. The van der Waals surface area contributed by atoms with E-state index in [1.54, 1.807) is 43.6 Å². The lowest BCUT2D eigenvalue weighted by Crippen LogP contribution is -2.15. The van der Waals surface area contributed by atoms with E-state index in [1.807, 2.05) is 19.1 Å². The third-order valence-corrected chi connectivity index (χ3v) is 4.33. The van der Waals surface area contributed by atoms with Crippen molar-refractivity contribution in [2.45, 2.75) is 13.7 Å². The molecule has 1 aromatic heterocycles. The Balaban J connectivity index is 1.68. The first-order valence-electron chi connectivity index (χ1n) is 8.04. The topological polar surface area (TPSA) is 65.4 Å². The second-order valence-electron chi connectivity index (χ2n) is 5.72. The minimum atomic E-state index is -0.353. The molecule has 2 aromatic carbocycles. The zero-order chi connectivity index (χ0) is 19.4. The van der Waals surface area contributed by atoms with Gasteiger partial charge in [0.1, 0.15) is 5.75 Å². The first-order valence-corrected chi connectivity index (χ1v) is 8.80. The summed E-state index contributed by atoms with van der Waals surface area (Å²) in [4.78, 5) is 12.5. The summed E-state index contributed by atoms with van der Waals surface area (Å²) in [7, 11) is 1.55. The fraction of sp³-hybridized carbons (Fsp3) is 0.158. The number of hydrogen-bond donors (Lipinski definition) is 1. The Labute approximate surface area is 166 Å². The van der Waals surface area contributed by atoms with Crippen LogP contribution in [0.15, 0.2) is 48.7 Å². The summed E-state index contributed by atoms with van der Waals surface area (Å²) in [5.41, 5.74) is 1.82. The third kappa shape index (κ3) is 4.53. The Morgan fingerprint density at radius 2 is 1.93 bits per heavy atom. The van der Waals surface area contributed by atoms with Gasteiger partial charge in [-0.05, 0) is 42.8 Å². The Morgan fingerprint density at radius 3 is 2.63 bits per heavy atom. The fourth-order valence-corrected chi connectivity index (χ4v) is 2.92. The molecule has 0 saturated carbocycles. The van der Waals surface area contributed by atoms with E-state index < -0.39 is 0 Å². The molecule has 3 aromatic rings. The van der Waals surface area contributed by atoms with Crippen LogP contribution in [-0.4, -0.2) is 22.8 Å². The van der Waals surface area contributed by atoms with E-state index in [2.05, 4.69) is 10.4 Å². The van der Waals surface area contributed by atoms with Gasteiger partial charge in [0.2, 0.25) is 0 Å². The second kappa shape index (κ2) is 8.33. The number of hydrogen-bond acceptors (Lipinski definition) is 4. The van der Waals surface area contributed by atoms with Crippen LogP contribution < -0.4 is 14.8 Å². The first-order chi connectivity index (χ1) is 13.0. The lowest BCUT2D eigenvalue weighted by molar-refractivity contribution is 0.102. The van der Waals surface area contributed by atoms with Gasteiger partial charge in [-0.25, -0.2) is 4.68 Å². The van der Waals surface area contributed by atoms with Crippen LogP contribution in [0.25, 0.3) is 0 Å². The molecule has 1 amide bonds. The minimum Gasteiger partial charge on any atom is -0.495 e. The summed E-state index contributed by atoms with van der Waals surface area (Å²) in [5, 5.41) is 7.82. The van der Waals surface area contributed by atoms with E-state index in [-0.39, 0.29) is 18.3 Å². The number of halogens is 2. The molecular formula is C19H17Cl2N3O3. The molecule has 8 heteroatoms. The molecule has 0 aliphatic heterocycles. The predicted molar refractivity (Wildman–Crippen MR) is 105 cm³/mol. The number of amides is 1. The summed E-state index contributed by atoms with van der Waals surface area (Å²) >= 11 is 12.1. The van der Waals surface area contributed by atoms with Gasteiger partial charge in [-0.1, -0.05) is 35.3 Å². The SMILES string of the molecule is COc1ccc(C)cc1NC(=O)c1ccn(COc2c(Cl)cccc2Cl)n1. The van der Waals surface area contributed by atoms with Crippen molar-refractivity contribution in [3.05, 3.63) is 70.0 Å². The van der Waals surface area contributed by atoms with Gasteiger partial charge < -0.3 is 14.8 Å². The van der Waals surface area contributed by atoms with Crippen LogP contribution in [0.2, 0.25) is 10.0 Å². The monoisotopic (exact) mass is 405 g/mol. The van der Waals surface area contributed by atoms with E-state index in [0.717, 1.165) is 5.56 Å². The maximum absolute atomic E-state index is 12.5. The van der Waals surface area contributed by atoms with Crippen LogP contribution in [0.5, 0.6) is 11.5 Å². The zero-order valence-electron chi connectivity index (χ0n) is 14.7. The molecule has 0 spiro atoms. The standard InChI is InChI=1S/C19H17Cl2N3O3/c1-12-6-7-17(26-2)16(10-12)22-19(25)15-8-9-24(23-15)11-27-18-13(20)4-3-5-14(18)21/h3-10H,11H2,1-2H3,(H,22,25). The molecule has 0 atom stereocenters. The number of aryl methyl sites for hydroxylation is 1. The quantitative estimate of drug-likeness (QED) is 0.639. The smallest absolute Gasteiger partial charge is 0.276 e. The number of anilines is 1. The van der Waals surface area contributed by atoms with Crippen molar-refractivity contribution in [2.24, 2.45) is 0 Å². The number of methoxy groups -OCH3 is 1. The molecule has 1 N–H and O–H groups in total. The van der Waals surface area contributed by atoms with E-state index in [9.17, 15) is 4.79 Å². The van der Waals surface area contributed by atoms with Crippen molar-refractivity contribution in [1.82, 2.24) is 9.78 Å². The molecule has 0 unspecified atom stereocenters. The van der Waals surface area contributed by atoms with Crippen molar-refractivity contribution in [1.29, 1.82) is 0 Å². The molecule has 0 fully saturated rings. The van der Waals surface area contributed by atoms with Gasteiger partial charge in [0.05, 0.1) is 22.8 Å². The number of para-hydroxylation sites is 1. The van der Waals surface area contributed by atoms with Gasteiger partial charge in [-0.2, -0.15) is 5.10 Å². The summed E-state index contributed by atoms with van der Waals surface area (Å²) < 4.78 is 12.3. The lowest BCUT2D eigenvalue weighted by atomic mass is 10.2. The summed E-state index contributed by atoms with van der Waals surface area (Å²) in [5.74, 6) is 0.588. The number of ether oxygens (including phenoxy) is 2. The van der Waals surface area contributed by atoms with Gasteiger partial charge in [0, 0.05) is 6.20 Å². The largest absolute Gasteiger partial charge is 0.495 e. The summed E-state index contributed by atoms with van der Waals surface area (Å²) in [6, 6.07) is 12.2. The molecule has 1 heterocycles. The van der Waals surface area contributed by atoms with Crippen LogP contribution in [0.4, 0.5) is 5.69 Å². The van der Waals surface area contributed by atoms with Gasteiger partial charge >= 0.3 is 0 Å². The van der Waals surface area contributed by atoms with Gasteiger partial charge in [-0.15, -0.1) is 0 Å². The Kier molecular flexibility index (Phi) is 5.88. The molecule has 140 valence electrons. The van der Waals surface area contributed by atoms with E-state index in [0.29, 0.717) is 27.2 Å². The van der Waals surface area contributed by atoms with Crippen LogP contribution >= 0.6 is 23.2 Å². The molecule has 27 heavy (non-hydrogen) atoms. The first kappa shape index (κ1) is 19.1. The molecular weight excluding hydrogens is 389 g/mol. The number of nitrogens with zero attached hydrogens (tertiary/aromatic N) is 2. The molecule has 0 aliphatic rings. The average Bonchev–Trinajstić information content (AvgIpc) is 3.11. The predicted octanol–water partition coefficient (Wildman–Crippen LogP) is 4.80. The average molecular weight is 406 g/mol. The zero-order valence-corrected chi connectivity index (χ0v) is 16.2. The number of nitrogens with one attached hydrogen (secondary N) is 1. The van der Waals surface area contributed by atoms with Gasteiger partial charge in [0.15, 0.2) is 18.2 Å². The van der Waals surface area contributed by atoms with Crippen molar-refractivity contribution in [2.75, 3.05) is 12.4 Å². The number of carbonyl (C=O) groups is 1. The fourth-order valence-electron chi connectivity index (χ4n) is 2.41. The van der Waals surface area contributed by atoms with Crippen molar-refractivity contribution >= 4 is 34.8 Å². The number of benzene rings is 2. The highest BCUT2D eigenvalue weighted by Gasteiger charge is 2.13. The highest BCUT2D eigenvalue weighted by molar-refractivity contribution is 6.37. The van der Waals surface area contributed by atoms with E-state index in [1.165, 1.54) is 4.68 Å². The lowest BCUT2D eigenvalue weighted by Gasteiger charge is -2.10. The summed E-state index contributed by atoms with van der Waals surface area (Å²) in [6.07, 6.45) is 1.63. The molecule has 6 nitrogen and oxygen atoms in total. The number of aromatic nitrogens is 2. The molecule has 3 rings (SSSR count). The molecule has 0 bridgehead atoms. The van der Waals surface area contributed by atoms with Crippen molar-refractivity contribution in [3.8, 4) is 11.5 Å². The molecule has 0 saturated heterocycles. The van der Waals surface area contributed by atoms with Crippen LogP contribution in [0.1, 0.15) is 16.1 Å². The maximum atomic E-state index is 12.5. The Hall–Kier alpha value is -2.70. The molecule has 0 aliphatic carbocycles. The third-order valence-electron chi connectivity index (χ3n) is 3.74. The molecule has 0 radical (unpaired) electrons. The minimum absolute atomic E-state index is 0.0600. The Morgan fingerprint density at radius 1 is 1.19 bits per heavy atom. The highest BCUT2D eigenvalue weighted by atomic mass is 35.5. The van der Waals surface area contributed by atoms with Gasteiger partial charge in [-0.3, -0.25) is 4.79 Å². The summed E-state index contributed by atoms with van der Waals surface area (Å²) in [6.45, 7) is 1.99. The number of carbonyl (C=O) groups excluding carboxylic acids is 1. The van der Waals surface area contributed by atoms with Crippen LogP contribution in [0, 0.1) is 6.92 Å².